The van der Waals surface area contributed by atoms with Crippen molar-refractivity contribution in [2.24, 2.45) is 0 Å². The zero-order chi connectivity index (χ0) is 18.4. The highest BCUT2D eigenvalue weighted by atomic mass is 16.5. The summed E-state index contributed by atoms with van der Waals surface area (Å²) in [7, 11) is 3.15. The quantitative estimate of drug-likeness (QED) is 0.711. The van der Waals surface area contributed by atoms with Crippen LogP contribution in [-0.2, 0) is 11.2 Å². The van der Waals surface area contributed by atoms with Crippen LogP contribution in [0.1, 0.15) is 5.56 Å². The standard InChI is InChI=1S/C22H21NO3/c1-25-19-12-13-21(26-2)20(15-19)23-22(24)14-16-8-10-18(11-9-16)17-6-4-3-5-7-17/h3-13,15H,14H2,1-2H3,(H,23,24). The van der Waals surface area contributed by atoms with E-state index in [2.05, 4.69) is 17.4 Å². The molecule has 0 aromatic heterocycles. The second-order valence-electron chi connectivity index (χ2n) is 5.85. The number of rotatable bonds is 6. The highest BCUT2D eigenvalue weighted by molar-refractivity contribution is 5.94. The molecule has 0 aliphatic rings. The molecule has 3 rings (SSSR count). The van der Waals surface area contributed by atoms with Crippen molar-refractivity contribution in [1.29, 1.82) is 0 Å². The number of hydrogen-bond donors (Lipinski definition) is 1. The van der Waals surface area contributed by atoms with E-state index in [0.29, 0.717) is 17.2 Å². The second-order valence-corrected chi connectivity index (χ2v) is 5.85. The molecule has 0 spiro atoms. The molecular formula is C22H21NO3. The predicted octanol–water partition coefficient (Wildman–Crippen LogP) is 4.55. The lowest BCUT2D eigenvalue weighted by molar-refractivity contribution is -0.115. The van der Waals surface area contributed by atoms with Crippen molar-refractivity contribution in [1.82, 2.24) is 0 Å². The first-order chi connectivity index (χ1) is 12.7. The Kier molecular flexibility index (Phi) is 5.54. The number of methoxy groups -OCH3 is 2. The fourth-order valence-corrected chi connectivity index (χ4v) is 2.74. The van der Waals surface area contributed by atoms with Crippen molar-refractivity contribution < 1.29 is 14.3 Å². The number of hydrogen-bond acceptors (Lipinski definition) is 3. The molecule has 0 bridgehead atoms. The van der Waals surface area contributed by atoms with Gasteiger partial charge >= 0.3 is 0 Å². The average Bonchev–Trinajstić information content (AvgIpc) is 2.69. The lowest BCUT2D eigenvalue weighted by atomic mass is 10.0. The maximum atomic E-state index is 12.4. The van der Waals surface area contributed by atoms with Gasteiger partial charge in [0, 0.05) is 6.07 Å². The summed E-state index contributed by atoms with van der Waals surface area (Å²) in [5.41, 5.74) is 3.83. The number of amides is 1. The number of nitrogens with one attached hydrogen (secondary N) is 1. The van der Waals surface area contributed by atoms with Crippen LogP contribution in [0.25, 0.3) is 11.1 Å². The zero-order valence-corrected chi connectivity index (χ0v) is 14.9. The predicted molar refractivity (Wildman–Crippen MR) is 104 cm³/mol. The number of anilines is 1. The van der Waals surface area contributed by atoms with Gasteiger partial charge in [0.1, 0.15) is 11.5 Å². The summed E-state index contributed by atoms with van der Waals surface area (Å²) in [5, 5.41) is 2.89. The van der Waals surface area contributed by atoms with E-state index in [1.165, 1.54) is 0 Å². The number of benzene rings is 3. The number of carbonyl (C=O) groups is 1. The molecule has 3 aromatic rings. The van der Waals surface area contributed by atoms with Crippen LogP contribution in [0, 0.1) is 0 Å². The van der Waals surface area contributed by atoms with Crippen LogP contribution in [0.4, 0.5) is 5.69 Å². The third-order valence-electron chi connectivity index (χ3n) is 4.11. The van der Waals surface area contributed by atoms with E-state index in [0.717, 1.165) is 16.7 Å². The minimum atomic E-state index is -0.107. The molecular weight excluding hydrogens is 326 g/mol. The van der Waals surface area contributed by atoms with E-state index in [4.69, 9.17) is 9.47 Å². The molecule has 4 heteroatoms. The summed E-state index contributed by atoms with van der Waals surface area (Å²) < 4.78 is 10.5. The Bertz CT molecular complexity index is 874. The van der Waals surface area contributed by atoms with Crippen molar-refractivity contribution in [2.45, 2.75) is 6.42 Å². The fourth-order valence-electron chi connectivity index (χ4n) is 2.74. The molecule has 4 nitrogen and oxygen atoms in total. The summed E-state index contributed by atoms with van der Waals surface area (Å²) in [6, 6.07) is 23.5. The maximum absolute atomic E-state index is 12.4. The van der Waals surface area contributed by atoms with Gasteiger partial charge in [-0.3, -0.25) is 4.79 Å². The summed E-state index contributed by atoms with van der Waals surface area (Å²) in [4.78, 5) is 12.4. The Labute approximate surface area is 153 Å². The van der Waals surface area contributed by atoms with Gasteiger partial charge in [0.2, 0.25) is 5.91 Å². The summed E-state index contributed by atoms with van der Waals surface area (Å²) in [6.45, 7) is 0. The molecule has 0 unspecified atom stereocenters. The lowest BCUT2D eigenvalue weighted by Crippen LogP contribution is -2.15. The summed E-state index contributed by atoms with van der Waals surface area (Å²) >= 11 is 0. The SMILES string of the molecule is COc1ccc(OC)c(NC(=O)Cc2ccc(-c3ccccc3)cc2)c1. The third-order valence-corrected chi connectivity index (χ3v) is 4.11. The lowest BCUT2D eigenvalue weighted by Gasteiger charge is -2.12. The van der Waals surface area contributed by atoms with Gasteiger partial charge in [-0.05, 0) is 28.8 Å². The normalized spacial score (nSPS) is 10.2. The first-order valence-corrected chi connectivity index (χ1v) is 8.36. The Balaban J connectivity index is 1.69. The molecule has 3 aromatic carbocycles. The number of ether oxygens (including phenoxy) is 2. The zero-order valence-electron chi connectivity index (χ0n) is 14.9. The van der Waals surface area contributed by atoms with Crippen molar-refractivity contribution >= 4 is 11.6 Å². The van der Waals surface area contributed by atoms with Crippen molar-refractivity contribution in [3.05, 3.63) is 78.4 Å². The number of carbonyl (C=O) groups excluding carboxylic acids is 1. The summed E-state index contributed by atoms with van der Waals surface area (Å²) in [6.07, 6.45) is 0.287. The van der Waals surface area contributed by atoms with Crippen LogP contribution in [0.3, 0.4) is 0 Å². The second kappa shape index (κ2) is 8.21. The van der Waals surface area contributed by atoms with Crippen LogP contribution < -0.4 is 14.8 Å². The molecule has 0 radical (unpaired) electrons. The van der Waals surface area contributed by atoms with Gasteiger partial charge < -0.3 is 14.8 Å². The smallest absolute Gasteiger partial charge is 0.228 e. The van der Waals surface area contributed by atoms with Gasteiger partial charge in [-0.25, -0.2) is 0 Å². The largest absolute Gasteiger partial charge is 0.497 e. The van der Waals surface area contributed by atoms with Gasteiger partial charge in [0.15, 0.2) is 0 Å². The molecule has 1 amide bonds. The third kappa shape index (κ3) is 4.22. The minimum absolute atomic E-state index is 0.107. The molecule has 0 heterocycles. The van der Waals surface area contributed by atoms with Gasteiger partial charge in [0.25, 0.3) is 0 Å². The Morgan fingerprint density at radius 1 is 0.846 bits per heavy atom. The molecule has 0 atom stereocenters. The van der Waals surface area contributed by atoms with E-state index < -0.39 is 0 Å². The molecule has 0 aliphatic heterocycles. The van der Waals surface area contributed by atoms with E-state index in [9.17, 15) is 4.79 Å². The van der Waals surface area contributed by atoms with E-state index in [-0.39, 0.29) is 12.3 Å². The average molecular weight is 347 g/mol. The Morgan fingerprint density at radius 3 is 2.19 bits per heavy atom. The maximum Gasteiger partial charge on any atom is 0.228 e. The van der Waals surface area contributed by atoms with Crippen molar-refractivity contribution in [3.8, 4) is 22.6 Å². The topological polar surface area (TPSA) is 47.6 Å². The van der Waals surface area contributed by atoms with Crippen molar-refractivity contribution in [3.63, 3.8) is 0 Å². The molecule has 1 N–H and O–H groups in total. The van der Waals surface area contributed by atoms with E-state index in [1.807, 2.05) is 42.5 Å². The van der Waals surface area contributed by atoms with Gasteiger partial charge in [-0.1, -0.05) is 54.6 Å². The molecule has 0 saturated carbocycles. The fraction of sp³-hybridized carbons (Fsp3) is 0.136. The Hall–Kier alpha value is -3.27. The monoisotopic (exact) mass is 347 g/mol. The highest BCUT2D eigenvalue weighted by Gasteiger charge is 2.10. The molecule has 26 heavy (non-hydrogen) atoms. The Morgan fingerprint density at radius 2 is 1.54 bits per heavy atom. The summed E-state index contributed by atoms with van der Waals surface area (Å²) in [5.74, 6) is 1.15. The van der Waals surface area contributed by atoms with Crippen LogP contribution >= 0.6 is 0 Å². The van der Waals surface area contributed by atoms with Crippen LogP contribution in [0.5, 0.6) is 11.5 Å². The first kappa shape index (κ1) is 17.5. The van der Waals surface area contributed by atoms with Crippen molar-refractivity contribution in [2.75, 3.05) is 19.5 Å². The molecule has 132 valence electrons. The van der Waals surface area contributed by atoms with Crippen LogP contribution in [-0.4, -0.2) is 20.1 Å². The highest BCUT2D eigenvalue weighted by Crippen LogP contribution is 2.29. The van der Waals surface area contributed by atoms with E-state index in [1.54, 1.807) is 32.4 Å². The first-order valence-electron chi connectivity index (χ1n) is 8.36. The molecule has 0 aliphatic carbocycles. The van der Waals surface area contributed by atoms with Gasteiger partial charge in [-0.15, -0.1) is 0 Å². The van der Waals surface area contributed by atoms with Crippen LogP contribution in [0.15, 0.2) is 72.8 Å². The van der Waals surface area contributed by atoms with E-state index >= 15 is 0 Å². The molecule has 0 fully saturated rings. The van der Waals surface area contributed by atoms with Crippen LogP contribution in [0.2, 0.25) is 0 Å². The molecule has 0 saturated heterocycles. The van der Waals surface area contributed by atoms with Gasteiger partial charge in [-0.2, -0.15) is 0 Å². The van der Waals surface area contributed by atoms with Gasteiger partial charge in [0.05, 0.1) is 26.3 Å². The minimum Gasteiger partial charge on any atom is -0.497 e.